The van der Waals surface area contributed by atoms with Crippen LogP contribution in [-0.2, 0) is 0 Å². The van der Waals surface area contributed by atoms with Gasteiger partial charge in [0, 0.05) is 5.69 Å². The fraction of sp³-hybridized carbons (Fsp3) is 0.182. The van der Waals surface area contributed by atoms with Crippen molar-refractivity contribution in [3.05, 3.63) is 76.5 Å². The number of benzene rings is 2. The number of nitrogens with one attached hydrogen (secondary N) is 1. The molecule has 0 aliphatic rings. The van der Waals surface area contributed by atoms with Gasteiger partial charge in [0.1, 0.15) is 5.82 Å². The van der Waals surface area contributed by atoms with Crippen molar-refractivity contribution in [1.29, 1.82) is 0 Å². The van der Waals surface area contributed by atoms with Gasteiger partial charge in [-0.05, 0) is 68.7 Å². The quantitative estimate of drug-likeness (QED) is 0.563. The highest BCUT2D eigenvalue weighted by Crippen LogP contribution is 2.28. The normalized spacial score (nSPS) is 11.1. The van der Waals surface area contributed by atoms with E-state index in [9.17, 15) is 9.18 Å². The molecule has 0 aliphatic heterocycles. The molecule has 0 fully saturated rings. The van der Waals surface area contributed by atoms with Crippen LogP contribution in [0.4, 0.5) is 10.1 Å². The molecular formula is C22H20FN5O. The van der Waals surface area contributed by atoms with E-state index >= 15 is 0 Å². The van der Waals surface area contributed by atoms with Gasteiger partial charge in [0.15, 0.2) is 11.3 Å². The molecule has 1 N–H and O–H groups in total. The minimum atomic E-state index is -0.350. The van der Waals surface area contributed by atoms with Gasteiger partial charge < -0.3 is 5.32 Å². The van der Waals surface area contributed by atoms with Crippen LogP contribution in [0.15, 0.2) is 42.5 Å². The molecule has 4 rings (SSSR count). The number of fused-ring (bicyclic) bond motifs is 1. The summed E-state index contributed by atoms with van der Waals surface area (Å²) in [6.45, 7) is 7.63. The summed E-state index contributed by atoms with van der Waals surface area (Å²) in [5.74, 6) is -0.660. The third-order valence-electron chi connectivity index (χ3n) is 5.05. The Morgan fingerprint density at radius 2 is 1.69 bits per heavy atom. The SMILES string of the molecule is Cc1ccc(NC(=O)c2nnc3c(-c4ccc(F)cc4)c(C)nn3c2C)cc1C. The van der Waals surface area contributed by atoms with E-state index in [1.165, 1.54) is 12.1 Å². The first-order valence-electron chi connectivity index (χ1n) is 9.22. The molecule has 0 aliphatic carbocycles. The average molecular weight is 389 g/mol. The molecule has 4 aromatic rings. The number of carbonyl (C=O) groups excluding carboxylic acids is 1. The van der Waals surface area contributed by atoms with Crippen molar-refractivity contribution in [3.63, 3.8) is 0 Å². The maximum Gasteiger partial charge on any atom is 0.278 e. The molecule has 0 spiro atoms. The van der Waals surface area contributed by atoms with Gasteiger partial charge in [0.2, 0.25) is 0 Å². The van der Waals surface area contributed by atoms with Crippen LogP contribution in [0.2, 0.25) is 0 Å². The predicted octanol–water partition coefficient (Wildman–Crippen LogP) is 4.42. The standard InChI is InChI=1S/C22H20FN5O/c1-12-5-10-18(11-13(12)2)24-22(29)20-15(4)28-21(26-25-20)19(14(3)27-28)16-6-8-17(23)9-7-16/h5-11H,1-4H3,(H,24,29). The lowest BCUT2D eigenvalue weighted by molar-refractivity contribution is 0.102. The van der Waals surface area contributed by atoms with Crippen molar-refractivity contribution in [2.24, 2.45) is 0 Å². The third kappa shape index (κ3) is 3.35. The molecule has 0 radical (unpaired) electrons. The summed E-state index contributed by atoms with van der Waals surface area (Å²) >= 11 is 0. The van der Waals surface area contributed by atoms with Crippen LogP contribution < -0.4 is 5.32 Å². The van der Waals surface area contributed by atoms with Gasteiger partial charge in [-0.2, -0.15) is 5.10 Å². The van der Waals surface area contributed by atoms with Crippen LogP contribution in [0, 0.1) is 33.5 Å². The van der Waals surface area contributed by atoms with E-state index in [-0.39, 0.29) is 17.4 Å². The second-order valence-corrected chi connectivity index (χ2v) is 7.09. The van der Waals surface area contributed by atoms with Gasteiger partial charge in [0.05, 0.1) is 17.0 Å². The molecule has 0 saturated carbocycles. The number of anilines is 1. The number of hydrogen-bond donors (Lipinski definition) is 1. The molecule has 29 heavy (non-hydrogen) atoms. The van der Waals surface area contributed by atoms with E-state index in [1.807, 2.05) is 39.0 Å². The minimum Gasteiger partial charge on any atom is -0.321 e. The Bertz CT molecular complexity index is 1240. The molecule has 2 aromatic carbocycles. The van der Waals surface area contributed by atoms with E-state index in [0.29, 0.717) is 17.0 Å². The van der Waals surface area contributed by atoms with Crippen molar-refractivity contribution < 1.29 is 9.18 Å². The molecule has 7 heteroatoms. The fourth-order valence-corrected chi connectivity index (χ4v) is 3.29. The number of carbonyl (C=O) groups is 1. The Morgan fingerprint density at radius 1 is 0.966 bits per heavy atom. The first kappa shape index (κ1) is 18.7. The largest absolute Gasteiger partial charge is 0.321 e. The number of aryl methyl sites for hydroxylation is 4. The number of halogens is 1. The molecular weight excluding hydrogens is 369 g/mol. The smallest absolute Gasteiger partial charge is 0.278 e. The predicted molar refractivity (Wildman–Crippen MR) is 110 cm³/mol. The first-order valence-corrected chi connectivity index (χ1v) is 9.22. The number of nitrogens with zero attached hydrogens (tertiary/aromatic N) is 4. The summed E-state index contributed by atoms with van der Waals surface area (Å²) < 4.78 is 14.9. The van der Waals surface area contributed by atoms with Gasteiger partial charge in [0.25, 0.3) is 5.91 Å². The monoisotopic (exact) mass is 389 g/mol. The summed E-state index contributed by atoms with van der Waals surface area (Å²) in [6.07, 6.45) is 0. The van der Waals surface area contributed by atoms with Gasteiger partial charge in [-0.3, -0.25) is 4.79 Å². The second kappa shape index (κ2) is 7.09. The Kier molecular flexibility index (Phi) is 4.58. The van der Waals surface area contributed by atoms with E-state index in [4.69, 9.17) is 0 Å². The zero-order valence-corrected chi connectivity index (χ0v) is 16.6. The topological polar surface area (TPSA) is 72.2 Å². The number of amides is 1. The second-order valence-electron chi connectivity index (χ2n) is 7.09. The van der Waals surface area contributed by atoms with E-state index < -0.39 is 0 Å². The molecule has 0 atom stereocenters. The van der Waals surface area contributed by atoms with Crippen LogP contribution in [-0.4, -0.2) is 25.7 Å². The molecule has 0 bridgehead atoms. The summed E-state index contributed by atoms with van der Waals surface area (Å²) in [7, 11) is 0. The lowest BCUT2D eigenvalue weighted by Gasteiger charge is -2.09. The molecule has 2 heterocycles. The molecule has 0 saturated heterocycles. The number of hydrogen-bond acceptors (Lipinski definition) is 4. The van der Waals surface area contributed by atoms with Crippen LogP contribution in [0.1, 0.15) is 33.0 Å². The van der Waals surface area contributed by atoms with E-state index in [1.54, 1.807) is 23.6 Å². The van der Waals surface area contributed by atoms with E-state index in [2.05, 4.69) is 20.6 Å². The van der Waals surface area contributed by atoms with Gasteiger partial charge >= 0.3 is 0 Å². The third-order valence-corrected chi connectivity index (χ3v) is 5.05. The minimum absolute atomic E-state index is 0.198. The Hall–Kier alpha value is -3.61. The first-order chi connectivity index (χ1) is 13.8. The summed E-state index contributed by atoms with van der Waals surface area (Å²) in [6, 6.07) is 11.9. The van der Waals surface area contributed by atoms with Crippen molar-refractivity contribution in [3.8, 4) is 11.1 Å². The maximum atomic E-state index is 13.3. The van der Waals surface area contributed by atoms with E-state index in [0.717, 1.165) is 27.9 Å². The molecule has 2 aromatic heterocycles. The lowest BCUT2D eigenvalue weighted by atomic mass is 10.1. The number of aromatic nitrogens is 4. The zero-order chi connectivity index (χ0) is 20.7. The Labute approximate surface area is 167 Å². The summed E-state index contributed by atoms with van der Waals surface area (Å²) in [4.78, 5) is 12.8. The highest BCUT2D eigenvalue weighted by atomic mass is 19.1. The molecule has 1 amide bonds. The van der Waals surface area contributed by atoms with Crippen LogP contribution in [0.5, 0.6) is 0 Å². The molecule has 6 nitrogen and oxygen atoms in total. The van der Waals surface area contributed by atoms with Crippen molar-refractivity contribution in [1.82, 2.24) is 19.8 Å². The summed E-state index contributed by atoms with van der Waals surface area (Å²) in [5.41, 5.74) is 6.52. The average Bonchev–Trinajstić information content (AvgIpc) is 3.02. The van der Waals surface area contributed by atoms with Crippen molar-refractivity contribution in [2.75, 3.05) is 5.32 Å². The molecule has 146 valence electrons. The summed E-state index contributed by atoms with van der Waals surface area (Å²) in [5, 5.41) is 15.8. The fourth-order valence-electron chi connectivity index (χ4n) is 3.29. The highest BCUT2D eigenvalue weighted by Gasteiger charge is 2.20. The van der Waals surface area contributed by atoms with Crippen LogP contribution in [0.25, 0.3) is 16.8 Å². The van der Waals surface area contributed by atoms with Gasteiger partial charge in [-0.15, -0.1) is 10.2 Å². The van der Waals surface area contributed by atoms with Crippen LogP contribution >= 0.6 is 0 Å². The maximum absolute atomic E-state index is 13.3. The Morgan fingerprint density at radius 3 is 2.38 bits per heavy atom. The Balaban J connectivity index is 1.73. The van der Waals surface area contributed by atoms with Crippen molar-refractivity contribution in [2.45, 2.75) is 27.7 Å². The van der Waals surface area contributed by atoms with Crippen molar-refractivity contribution >= 4 is 17.2 Å². The zero-order valence-electron chi connectivity index (χ0n) is 16.6. The highest BCUT2D eigenvalue weighted by molar-refractivity contribution is 6.03. The molecule has 0 unspecified atom stereocenters. The van der Waals surface area contributed by atoms with Gasteiger partial charge in [-0.25, -0.2) is 8.91 Å². The lowest BCUT2D eigenvalue weighted by Crippen LogP contribution is -2.18. The van der Waals surface area contributed by atoms with Gasteiger partial charge in [-0.1, -0.05) is 18.2 Å². The van der Waals surface area contributed by atoms with Crippen LogP contribution in [0.3, 0.4) is 0 Å². The number of rotatable bonds is 3.